The number of rotatable bonds is 5. The molecule has 1 N–H and O–H groups in total. The van der Waals surface area contributed by atoms with Crippen molar-refractivity contribution in [1.29, 1.82) is 0 Å². The Morgan fingerprint density at radius 1 is 1.35 bits per heavy atom. The summed E-state index contributed by atoms with van der Waals surface area (Å²) >= 11 is 0. The van der Waals surface area contributed by atoms with E-state index in [9.17, 15) is 5.11 Å². The summed E-state index contributed by atoms with van der Waals surface area (Å²) in [7, 11) is 5.95. The van der Waals surface area contributed by atoms with Crippen LogP contribution in [0.4, 0.5) is 0 Å². The number of likely N-dealkylation sites (N-methyl/N-ethyl adjacent to an activating group) is 2. The van der Waals surface area contributed by atoms with Crippen molar-refractivity contribution in [3.8, 4) is 0 Å². The lowest BCUT2D eigenvalue weighted by Gasteiger charge is -2.40. The first-order valence-corrected chi connectivity index (χ1v) is 6.48. The van der Waals surface area contributed by atoms with Crippen LogP contribution in [0.1, 0.15) is 26.7 Å². The van der Waals surface area contributed by atoms with E-state index in [2.05, 4.69) is 37.7 Å². The summed E-state index contributed by atoms with van der Waals surface area (Å²) in [5, 5.41) is 10.3. The molecule has 0 aromatic carbocycles. The number of ether oxygens (including phenoxy) is 1. The van der Waals surface area contributed by atoms with Gasteiger partial charge in [0.2, 0.25) is 0 Å². The maximum absolute atomic E-state index is 10.3. The first-order valence-electron chi connectivity index (χ1n) is 6.48. The van der Waals surface area contributed by atoms with Gasteiger partial charge in [-0.1, -0.05) is 0 Å². The Labute approximate surface area is 106 Å². The van der Waals surface area contributed by atoms with Gasteiger partial charge in [-0.15, -0.1) is 0 Å². The summed E-state index contributed by atoms with van der Waals surface area (Å²) in [5.74, 6) is 0. The van der Waals surface area contributed by atoms with E-state index in [1.807, 2.05) is 0 Å². The number of nitrogens with zero attached hydrogens (tertiary/aromatic N) is 2. The van der Waals surface area contributed by atoms with Gasteiger partial charge in [0.05, 0.1) is 11.7 Å². The molecule has 0 amide bonds. The summed E-state index contributed by atoms with van der Waals surface area (Å²) < 4.78 is 5.39. The molecule has 0 aromatic rings. The van der Waals surface area contributed by atoms with Crippen LogP contribution in [0.2, 0.25) is 0 Å². The van der Waals surface area contributed by atoms with Crippen LogP contribution in [0.3, 0.4) is 0 Å². The molecule has 1 fully saturated rings. The topological polar surface area (TPSA) is 35.9 Å². The third-order valence-corrected chi connectivity index (χ3v) is 3.94. The molecule has 0 aliphatic carbocycles. The quantitative estimate of drug-likeness (QED) is 0.776. The fraction of sp³-hybridized carbons (Fsp3) is 1.00. The lowest BCUT2D eigenvalue weighted by atomic mass is 9.95. The SMILES string of the molecule is COC(C)(C)CCC(O)C1CN(C)CCN1C. The minimum absolute atomic E-state index is 0.139. The standard InChI is InChI=1S/C13H28N2O2/c1-13(2,17-5)7-6-12(16)11-10-14(3)8-9-15(11)4/h11-12,16H,6-10H2,1-5H3. The van der Waals surface area contributed by atoms with Crippen LogP contribution in [0.15, 0.2) is 0 Å². The van der Waals surface area contributed by atoms with Crippen molar-refractivity contribution in [2.24, 2.45) is 0 Å². The summed E-state index contributed by atoms with van der Waals surface area (Å²) in [6.07, 6.45) is 1.42. The highest BCUT2D eigenvalue weighted by atomic mass is 16.5. The second-order valence-corrected chi connectivity index (χ2v) is 5.88. The fourth-order valence-corrected chi connectivity index (χ4v) is 2.25. The smallest absolute Gasteiger partial charge is 0.0708 e. The first kappa shape index (κ1) is 14.9. The van der Waals surface area contributed by atoms with Crippen LogP contribution >= 0.6 is 0 Å². The molecule has 102 valence electrons. The van der Waals surface area contributed by atoms with E-state index >= 15 is 0 Å². The summed E-state index contributed by atoms with van der Waals surface area (Å²) in [5.41, 5.74) is -0.139. The van der Waals surface area contributed by atoms with Gasteiger partial charge >= 0.3 is 0 Å². The normalized spacial score (nSPS) is 26.1. The van der Waals surface area contributed by atoms with Crippen molar-refractivity contribution in [3.63, 3.8) is 0 Å². The predicted molar refractivity (Wildman–Crippen MR) is 70.2 cm³/mol. The van der Waals surface area contributed by atoms with Crippen LogP contribution in [0.5, 0.6) is 0 Å². The molecule has 0 aromatic heterocycles. The van der Waals surface area contributed by atoms with Gasteiger partial charge in [0.15, 0.2) is 0 Å². The van der Waals surface area contributed by atoms with Crippen molar-refractivity contribution in [2.45, 2.75) is 44.4 Å². The van der Waals surface area contributed by atoms with E-state index < -0.39 is 0 Å². The second-order valence-electron chi connectivity index (χ2n) is 5.88. The van der Waals surface area contributed by atoms with Crippen LogP contribution in [0, 0.1) is 0 Å². The molecule has 2 unspecified atom stereocenters. The van der Waals surface area contributed by atoms with Crippen molar-refractivity contribution in [3.05, 3.63) is 0 Å². The molecule has 1 heterocycles. The zero-order chi connectivity index (χ0) is 13.1. The molecule has 0 radical (unpaired) electrons. The van der Waals surface area contributed by atoms with Gasteiger partial charge in [-0.25, -0.2) is 0 Å². The van der Waals surface area contributed by atoms with Gasteiger partial charge in [-0.05, 0) is 40.8 Å². The Balaban J connectivity index is 2.43. The minimum Gasteiger partial charge on any atom is -0.391 e. The van der Waals surface area contributed by atoms with Gasteiger partial charge in [0, 0.05) is 32.8 Å². The van der Waals surface area contributed by atoms with Crippen molar-refractivity contribution in [2.75, 3.05) is 40.8 Å². The highest BCUT2D eigenvalue weighted by molar-refractivity contribution is 4.85. The molecule has 4 nitrogen and oxygen atoms in total. The lowest BCUT2D eigenvalue weighted by Crippen LogP contribution is -2.55. The summed E-state index contributed by atoms with van der Waals surface area (Å²) in [4.78, 5) is 4.56. The molecule has 0 saturated carbocycles. The highest BCUT2D eigenvalue weighted by Gasteiger charge is 2.29. The summed E-state index contributed by atoms with van der Waals surface area (Å²) in [6.45, 7) is 7.20. The Morgan fingerprint density at radius 3 is 2.59 bits per heavy atom. The largest absolute Gasteiger partial charge is 0.391 e. The van der Waals surface area contributed by atoms with Crippen molar-refractivity contribution >= 4 is 0 Å². The monoisotopic (exact) mass is 244 g/mol. The summed E-state index contributed by atoms with van der Waals surface area (Å²) in [6, 6.07) is 0.251. The van der Waals surface area contributed by atoms with E-state index in [0.29, 0.717) is 0 Å². The minimum atomic E-state index is -0.267. The molecule has 2 atom stereocenters. The first-order chi connectivity index (χ1) is 7.85. The number of aliphatic hydroxyl groups is 1. The zero-order valence-electron chi connectivity index (χ0n) is 11.9. The second kappa shape index (κ2) is 6.14. The number of methoxy groups -OCH3 is 1. The van der Waals surface area contributed by atoms with Crippen molar-refractivity contribution < 1.29 is 9.84 Å². The number of aliphatic hydroxyl groups excluding tert-OH is 1. The number of piperazine rings is 1. The van der Waals surface area contributed by atoms with E-state index in [4.69, 9.17) is 4.74 Å². The molecule has 1 aliphatic heterocycles. The van der Waals surface area contributed by atoms with E-state index in [1.165, 1.54) is 0 Å². The van der Waals surface area contributed by atoms with Gasteiger partial charge in [0.25, 0.3) is 0 Å². The van der Waals surface area contributed by atoms with Crippen LogP contribution in [-0.4, -0.2) is 73.5 Å². The zero-order valence-corrected chi connectivity index (χ0v) is 11.9. The maximum Gasteiger partial charge on any atom is 0.0708 e. The highest BCUT2D eigenvalue weighted by Crippen LogP contribution is 2.20. The molecule has 1 saturated heterocycles. The Kier molecular flexibility index (Phi) is 5.38. The van der Waals surface area contributed by atoms with Crippen LogP contribution < -0.4 is 0 Å². The average molecular weight is 244 g/mol. The van der Waals surface area contributed by atoms with Crippen LogP contribution in [-0.2, 0) is 4.74 Å². The van der Waals surface area contributed by atoms with Crippen LogP contribution in [0.25, 0.3) is 0 Å². The molecular formula is C13H28N2O2. The maximum atomic E-state index is 10.3. The van der Waals surface area contributed by atoms with Gasteiger partial charge in [0.1, 0.15) is 0 Å². The van der Waals surface area contributed by atoms with Gasteiger partial charge < -0.3 is 14.7 Å². The Hall–Kier alpha value is -0.160. The van der Waals surface area contributed by atoms with Gasteiger partial charge in [-0.3, -0.25) is 4.90 Å². The molecule has 17 heavy (non-hydrogen) atoms. The fourth-order valence-electron chi connectivity index (χ4n) is 2.25. The Bertz CT molecular complexity index is 233. The van der Waals surface area contributed by atoms with Crippen molar-refractivity contribution in [1.82, 2.24) is 9.80 Å². The molecule has 1 aliphatic rings. The Morgan fingerprint density at radius 2 is 2.00 bits per heavy atom. The molecule has 1 rings (SSSR count). The number of hydrogen-bond donors (Lipinski definition) is 1. The van der Waals surface area contributed by atoms with E-state index in [1.54, 1.807) is 7.11 Å². The lowest BCUT2D eigenvalue weighted by molar-refractivity contribution is -0.0227. The average Bonchev–Trinajstić information content (AvgIpc) is 2.29. The van der Waals surface area contributed by atoms with Gasteiger partial charge in [-0.2, -0.15) is 0 Å². The third kappa shape index (κ3) is 4.54. The van der Waals surface area contributed by atoms with E-state index in [-0.39, 0.29) is 17.7 Å². The molecule has 4 heteroatoms. The predicted octanol–water partition coefficient (Wildman–Crippen LogP) is 0.798. The van der Waals surface area contributed by atoms with E-state index in [0.717, 1.165) is 32.5 Å². The molecule has 0 bridgehead atoms. The number of hydrogen-bond acceptors (Lipinski definition) is 4. The molecular weight excluding hydrogens is 216 g/mol. The third-order valence-electron chi connectivity index (χ3n) is 3.94. The molecule has 0 spiro atoms.